The number of rotatable bonds is 6. The molecule has 1 unspecified atom stereocenters. The van der Waals surface area contributed by atoms with Crippen LogP contribution in [0.2, 0.25) is 0 Å². The van der Waals surface area contributed by atoms with Crippen molar-refractivity contribution in [2.45, 2.75) is 73.3 Å². The molecule has 0 aliphatic heterocycles. The topological polar surface area (TPSA) is 81.5 Å². The number of hydrogen-bond acceptors (Lipinski definition) is 5. The van der Waals surface area contributed by atoms with Crippen LogP contribution in [0.25, 0.3) is 22.6 Å². The lowest BCUT2D eigenvalue weighted by atomic mass is 9.78. The third-order valence-corrected chi connectivity index (χ3v) is 7.31. The van der Waals surface area contributed by atoms with Crippen molar-refractivity contribution in [2.75, 3.05) is 7.05 Å². The molecule has 42 heavy (non-hydrogen) atoms. The van der Waals surface area contributed by atoms with Gasteiger partial charge < -0.3 is 5.73 Å². The molecule has 6 heteroatoms. The molecule has 1 aliphatic carbocycles. The Balaban J connectivity index is 0.000000257. The second-order valence-corrected chi connectivity index (χ2v) is 10.4. The SMILES string of the molecule is CC.CC1=CCC(C)(c2nc3cc(CN)ccn3c2-c2ccnc(C)n2)C=C1.CCC(/C=C(\C)c1ccccc1)=NC. The highest BCUT2D eigenvalue weighted by Gasteiger charge is 2.32. The molecule has 0 saturated carbocycles. The second-order valence-electron chi connectivity index (χ2n) is 10.4. The Kier molecular flexibility index (Phi) is 11.7. The van der Waals surface area contributed by atoms with E-state index in [4.69, 9.17) is 10.7 Å². The first-order valence-electron chi connectivity index (χ1n) is 14.8. The first-order valence-corrected chi connectivity index (χ1v) is 14.8. The maximum Gasteiger partial charge on any atom is 0.137 e. The largest absolute Gasteiger partial charge is 0.326 e. The van der Waals surface area contributed by atoms with Crippen molar-refractivity contribution in [1.82, 2.24) is 19.4 Å². The van der Waals surface area contributed by atoms with Gasteiger partial charge in [-0.1, -0.05) is 81.8 Å². The van der Waals surface area contributed by atoms with E-state index in [2.05, 4.69) is 102 Å². The highest BCUT2D eigenvalue weighted by molar-refractivity contribution is 6.00. The van der Waals surface area contributed by atoms with Gasteiger partial charge in [0.15, 0.2) is 0 Å². The number of nitrogens with two attached hydrogens (primary N) is 1. The summed E-state index contributed by atoms with van der Waals surface area (Å²) in [7, 11) is 1.84. The fourth-order valence-corrected chi connectivity index (χ4v) is 4.80. The van der Waals surface area contributed by atoms with Crippen LogP contribution in [-0.4, -0.2) is 32.1 Å². The number of imidazole rings is 1. The van der Waals surface area contributed by atoms with E-state index in [0.717, 1.165) is 52.7 Å². The van der Waals surface area contributed by atoms with Crippen molar-refractivity contribution in [2.24, 2.45) is 10.7 Å². The highest BCUT2D eigenvalue weighted by atomic mass is 15.0. The molecule has 1 aromatic carbocycles. The van der Waals surface area contributed by atoms with Gasteiger partial charge in [-0.15, -0.1) is 0 Å². The average Bonchev–Trinajstić information content (AvgIpc) is 3.43. The van der Waals surface area contributed by atoms with Gasteiger partial charge >= 0.3 is 0 Å². The van der Waals surface area contributed by atoms with E-state index in [0.29, 0.717) is 6.54 Å². The van der Waals surface area contributed by atoms with Crippen molar-refractivity contribution >= 4 is 16.9 Å². The summed E-state index contributed by atoms with van der Waals surface area (Å²) in [6, 6.07) is 16.4. The molecule has 5 rings (SSSR count). The first kappa shape index (κ1) is 32.4. The summed E-state index contributed by atoms with van der Waals surface area (Å²) in [5.41, 5.74) is 15.5. The quantitative estimate of drug-likeness (QED) is 0.240. The molecular weight excluding hydrogens is 516 g/mol. The minimum absolute atomic E-state index is 0.178. The summed E-state index contributed by atoms with van der Waals surface area (Å²) < 4.78 is 2.11. The van der Waals surface area contributed by atoms with Crippen LogP contribution in [0, 0.1) is 6.92 Å². The zero-order valence-corrected chi connectivity index (χ0v) is 26.5. The van der Waals surface area contributed by atoms with Crippen molar-refractivity contribution in [3.8, 4) is 11.4 Å². The molecule has 3 heterocycles. The zero-order chi connectivity index (χ0) is 30.7. The van der Waals surface area contributed by atoms with Crippen molar-refractivity contribution in [3.63, 3.8) is 0 Å². The first-order chi connectivity index (χ1) is 20.3. The van der Waals surface area contributed by atoms with Gasteiger partial charge in [0.2, 0.25) is 0 Å². The lowest BCUT2D eigenvalue weighted by molar-refractivity contribution is 0.581. The van der Waals surface area contributed by atoms with Crippen molar-refractivity contribution < 1.29 is 0 Å². The fraction of sp³-hybridized carbons (Fsp3) is 0.333. The number of pyridine rings is 1. The minimum Gasteiger partial charge on any atom is -0.326 e. The number of aliphatic imine (C=N–C) groups is 1. The van der Waals surface area contributed by atoms with E-state index < -0.39 is 0 Å². The van der Waals surface area contributed by atoms with Crippen LogP contribution in [0.4, 0.5) is 0 Å². The van der Waals surface area contributed by atoms with Crippen molar-refractivity contribution in [3.05, 3.63) is 113 Å². The monoisotopic (exact) mass is 562 g/mol. The normalized spacial score (nSPS) is 16.7. The predicted octanol–water partition coefficient (Wildman–Crippen LogP) is 8.32. The number of aromatic nitrogens is 4. The van der Waals surface area contributed by atoms with Crippen LogP contribution >= 0.6 is 0 Å². The number of hydrogen-bond donors (Lipinski definition) is 1. The minimum atomic E-state index is -0.178. The lowest BCUT2D eigenvalue weighted by Gasteiger charge is -2.27. The predicted molar refractivity (Wildman–Crippen MR) is 179 cm³/mol. The smallest absolute Gasteiger partial charge is 0.137 e. The molecule has 4 aromatic rings. The Morgan fingerprint density at radius 3 is 2.43 bits per heavy atom. The van der Waals surface area contributed by atoms with Gasteiger partial charge in [-0.05, 0) is 74.6 Å². The van der Waals surface area contributed by atoms with Gasteiger partial charge in [-0.25, -0.2) is 15.0 Å². The molecule has 3 aromatic heterocycles. The van der Waals surface area contributed by atoms with E-state index >= 15 is 0 Å². The summed E-state index contributed by atoms with van der Waals surface area (Å²) in [5, 5.41) is 0. The molecule has 0 spiro atoms. The number of benzene rings is 1. The summed E-state index contributed by atoms with van der Waals surface area (Å²) >= 11 is 0. The van der Waals surface area contributed by atoms with Crippen LogP contribution < -0.4 is 5.73 Å². The van der Waals surface area contributed by atoms with Crippen LogP contribution in [0.5, 0.6) is 0 Å². The Bertz CT molecular complexity index is 1590. The molecule has 220 valence electrons. The van der Waals surface area contributed by atoms with Crippen molar-refractivity contribution in [1.29, 1.82) is 0 Å². The number of nitrogens with zero attached hydrogens (tertiary/aromatic N) is 5. The molecule has 0 radical (unpaired) electrons. The fourth-order valence-electron chi connectivity index (χ4n) is 4.80. The summed E-state index contributed by atoms with van der Waals surface area (Å²) in [6.45, 7) is 15.0. The average molecular weight is 563 g/mol. The van der Waals surface area contributed by atoms with Gasteiger partial charge in [0.25, 0.3) is 0 Å². The van der Waals surface area contributed by atoms with E-state index in [1.807, 2.05) is 52.2 Å². The Labute approximate surface area is 251 Å². The molecular formula is C36H46N6. The maximum atomic E-state index is 5.82. The Morgan fingerprint density at radius 2 is 1.83 bits per heavy atom. The van der Waals surface area contributed by atoms with Gasteiger partial charge in [0, 0.05) is 37.1 Å². The third kappa shape index (κ3) is 7.77. The zero-order valence-electron chi connectivity index (χ0n) is 26.5. The van der Waals surface area contributed by atoms with E-state index in [1.54, 1.807) is 6.20 Å². The van der Waals surface area contributed by atoms with Gasteiger partial charge in [0.1, 0.15) is 11.5 Å². The van der Waals surface area contributed by atoms with Crippen LogP contribution in [0.15, 0.2) is 95.8 Å². The van der Waals surface area contributed by atoms with E-state index in [1.165, 1.54) is 16.7 Å². The molecule has 1 aliphatic rings. The van der Waals surface area contributed by atoms with Crippen LogP contribution in [0.1, 0.15) is 77.0 Å². The van der Waals surface area contributed by atoms with Crippen LogP contribution in [0.3, 0.4) is 0 Å². The number of aryl methyl sites for hydroxylation is 1. The molecule has 6 nitrogen and oxygen atoms in total. The van der Waals surface area contributed by atoms with Gasteiger partial charge in [-0.2, -0.15) is 0 Å². The third-order valence-electron chi connectivity index (χ3n) is 7.31. The molecule has 0 amide bonds. The van der Waals surface area contributed by atoms with Gasteiger partial charge in [-0.3, -0.25) is 9.39 Å². The summed E-state index contributed by atoms with van der Waals surface area (Å²) in [4.78, 5) is 18.1. The summed E-state index contributed by atoms with van der Waals surface area (Å²) in [6.07, 6.45) is 14.6. The lowest BCUT2D eigenvalue weighted by Crippen LogP contribution is -2.22. The molecule has 1 atom stereocenters. The number of allylic oxidation sites excluding steroid dienone is 6. The molecule has 2 N–H and O–H groups in total. The molecule has 0 bridgehead atoms. The van der Waals surface area contributed by atoms with Crippen LogP contribution in [-0.2, 0) is 12.0 Å². The van der Waals surface area contributed by atoms with E-state index in [9.17, 15) is 0 Å². The molecule has 0 saturated heterocycles. The molecule has 0 fully saturated rings. The number of fused-ring (bicyclic) bond motifs is 1. The van der Waals surface area contributed by atoms with E-state index in [-0.39, 0.29) is 5.41 Å². The Hall–Kier alpha value is -4.16. The highest BCUT2D eigenvalue weighted by Crippen LogP contribution is 2.39. The standard InChI is InChI=1S/C21H23N5.C13H17N.C2H6/c1-14-4-8-21(3,9-5-14)20-19(17-6-10-23-15(2)24-17)26-11-7-16(13-22)12-18(26)25-20;1-4-13(14-3)10-11(2)12-8-6-5-7-9-12;1-2/h4-8,10-12H,9,13,22H2,1-3H3;5-10H,4H2,1-3H3;1-2H3/b;11-10+,14-13?;. The Morgan fingerprint density at radius 1 is 1.10 bits per heavy atom. The summed E-state index contributed by atoms with van der Waals surface area (Å²) in [5.74, 6) is 0.752. The maximum absolute atomic E-state index is 5.82. The van der Waals surface area contributed by atoms with Gasteiger partial charge in [0.05, 0.1) is 17.1 Å². The second kappa shape index (κ2) is 15.2.